The Balaban J connectivity index is 1.83. The molecule has 31 heavy (non-hydrogen) atoms. The van der Waals surface area contributed by atoms with Crippen LogP contribution in [-0.4, -0.2) is 29.9 Å². The Labute approximate surface area is 184 Å². The summed E-state index contributed by atoms with van der Waals surface area (Å²) in [5.74, 6) is 0. The van der Waals surface area contributed by atoms with Crippen LogP contribution >= 0.6 is 0 Å². The Kier molecular flexibility index (Phi) is 6.38. The molecule has 1 atom stereocenters. The SMILES string of the molecule is CN=c1n(Cc2ccc(C)cc2)c2ccccc2n1[C@H](COC)Cc1ccc(C)cc1. The van der Waals surface area contributed by atoms with Gasteiger partial charge in [0.15, 0.2) is 0 Å². The molecule has 0 radical (unpaired) electrons. The lowest BCUT2D eigenvalue weighted by atomic mass is 10.0. The minimum absolute atomic E-state index is 0.149. The zero-order valence-corrected chi connectivity index (χ0v) is 18.9. The maximum atomic E-state index is 5.67. The molecule has 0 unspecified atom stereocenters. The quantitative estimate of drug-likeness (QED) is 0.416. The summed E-state index contributed by atoms with van der Waals surface area (Å²) in [5.41, 5.74) is 8.46. The van der Waals surface area contributed by atoms with Gasteiger partial charge in [-0.1, -0.05) is 71.8 Å². The summed E-state index contributed by atoms with van der Waals surface area (Å²) in [6.07, 6.45) is 0.889. The molecule has 1 heterocycles. The molecule has 0 fully saturated rings. The fourth-order valence-corrected chi connectivity index (χ4v) is 4.28. The molecule has 4 heteroatoms. The van der Waals surface area contributed by atoms with Gasteiger partial charge >= 0.3 is 0 Å². The molecule has 0 saturated carbocycles. The van der Waals surface area contributed by atoms with Gasteiger partial charge in [-0.15, -0.1) is 0 Å². The second-order valence-corrected chi connectivity index (χ2v) is 8.25. The van der Waals surface area contributed by atoms with Crippen LogP contribution in [0.5, 0.6) is 0 Å². The zero-order valence-electron chi connectivity index (χ0n) is 18.9. The number of imidazole rings is 1. The molecule has 1 aromatic heterocycles. The summed E-state index contributed by atoms with van der Waals surface area (Å²) in [6, 6.07) is 26.2. The summed E-state index contributed by atoms with van der Waals surface area (Å²) >= 11 is 0. The molecule has 4 rings (SSSR count). The van der Waals surface area contributed by atoms with E-state index in [1.165, 1.54) is 33.3 Å². The highest BCUT2D eigenvalue weighted by Crippen LogP contribution is 2.22. The first kappa shape index (κ1) is 21.1. The van der Waals surface area contributed by atoms with Crippen molar-refractivity contribution in [3.63, 3.8) is 0 Å². The van der Waals surface area contributed by atoms with Gasteiger partial charge in [0.2, 0.25) is 5.62 Å². The van der Waals surface area contributed by atoms with Crippen molar-refractivity contribution >= 4 is 11.0 Å². The lowest BCUT2D eigenvalue weighted by molar-refractivity contribution is 0.154. The van der Waals surface area contributed by atoms with Crippen LogP contribution < -0.4 is 5.62 Å². The number of ether oxygens (including phenoxy) is 1. The van der Waals surface area contributed by atoms with E-state index >= 15 is 0 Å². The number of fused-ring (bicyclic) bond motifs is 1. The maximum Gasteiger partial charge on any atom is 0.206 e. The van der Waals surface area contributed by atoms with Crippen LogP contribution in [0.15, 0.2) is 77.8 Å². The first-order valence-electron chi connectivity index (χ1n) is 10.8. The third kappa shape index (κ3) is 4.49. The van der Waals surface area contributed by atoms with Crippen molar-refractivity contribution in [3.8, 4) is 0 Å². The highest BCUT2D eigenvalue weighted by Gasteiger charge is 2.20. The molecule has 160 valence electrons. The van der Waals surface area contributed by atoms with Crippen molar-refractivity contribution in [2.45, 2.75) is 32.9 Å². The van der Waals surface area contributed by atoms with Gasteiger partial charge in [0.1, 0.15) is 0 Å². The molecule has 4 nitrogen and oxygen atoms in total. The van der Waals surface area contributed by atoms with Crippen LogP contribution in [-0.2, 0) is 17.7 Å². The summed E-state index contributed by atoms with van der Waals surface area (Å²) in [5, 5.41) is 0. The number of nitrogens with zero attached hydrogens (tertiary/aromatic N) is 3. The summed E-state index contributed by atoms with van der Waals surface area (Å²) in [4.78, 5) is 4.75. The van der Waals surface area contributed by atoms with E-state index in [4.69, 9.17) is 9.73 Å². The fourth-order valence-electron chi connectivity index (χ4n) is 4.28. The molecular formula is C27H31N3O. The van der Waals surface area contributed by atoms with Crippen molar-refractivity contribution in [3.05, 3.63) is 101 Å². The van der Waals surface area contributed by atoms with Gasteiger partial charge in [-0.2, -0.15) is 0 Å². The maximum absolute atomic E-state index is 5.67. The molecule has 3 aromatic carbocycles. The smallest absolute Gasteiger partial charge is 0.206 e. The number of rotatable bonds is 7. The second-order valence-electron chi connectivity index (χ2n) is 8.25. The molecule has 0 N–H and O–H groups in total. The van der Waals surface area contributed by atoms with E-state index in [1.807, 2.05) is 7.05 Å². The number of aromatic nitrogens is 2. The third-order valence-corrected chi connectivity index (χ3v) is 5.87. The van der Waals surface area contributed by atoms with E-state index in [0.717, 1.165) is 18.6 Å². The van der Waals surface area contributed by atoms with Crippen LogP contribution in [0, 0.1) is 13.8 Å². The Morgan fingerprint density at radius 3 is 1.97 bits per heavy atom. The molecule has 0 saturated heterocycles. The van der Waals surface area contributed by atoms with Gasteiger partial charge in [0.25, 0.3) is 0 Å². The monoisotopic (exact) mass is 413 g/mol. The van der Waals surface area contributed by atoms with Gasteiger partial charge in [0, 0.05) is 14.2 Å². The Bertz CT molecular complexity index is 1210. The van der Waals surface area contributed by atoms with Crippen LogP contribution in [0.4, 0.5) is 0 Å². The molecule has 0 aliphatic carbocycles. The summed E-state index contributed by atoms with van der Waals surface area (Å²) in [7, 11) is 3.66. The van der Waals surface area contributed by atoms with Crippen molar-refractivity contribution in [1.82, 2.24) is 9.13 Å². The van der Waals surface area contributed by atoms with Crippen LogP contribution in [0.3, 0.4) is 0 Å². The topological polar surface area (TPSA) is 31.4 Å². The van der Waals surface area contributed by atoms with E-state index in [-0.39, 0.29) is 6.04 Å². The molecule has 0 aliphatic rings. The fraction of sp³-hybridized carbons (Fsp3) is 0.296. The molecule has 4 aromatic rings. The summed E-state index contributed by atoms with van der Waals surface area (Å²) < 4.78 is 10.3. The minimum atomic E-state index is 0.149. The van der Waals surface area contributed by atoms with Crippen LogP contribution in [0.1, 0.15) is 28.3 Å². The molecule has 0 bridgehead atoms. The number of methoxy groups -OCH3 is 1. The molecule has 0 aliphatic heterocycles. The Morgan fingerprint density at radius 1 is 0.806 bits per heavy atom. The standard InChI is InChI=1S/C27H31N3O/c1-20-9-13-22(14-10-20)17-24(19-31-4)30-26-8-6-5-7-25(26)29(27(30)28-3)18-23-15-11-21(2)12-16-23/h5-16,24H,17-19H2,1-4H3/t24-/m0/s1. The average molecular weight is 414 g/mol. The number of aryl methyl sites for hydroxylation is 2. The zero-order chi connectivity index (χ0) is 21.8. The highest BCUT2D eigenvalue weighted by atomic mass is 16.5. The predicted molar refractivity (Wildman–Crippen MR) is 127 cm³/mol. The van der Waals surface area contributed by atoms with Gasteiger partial charge < -0.3 is 13.9 Å². The Morgan fingerprint density at radius 2 is 1.39 bits per heavy atom. The second kappa shape index (κ2) is 9.36. The van der Waals surface area contributed by atoms with Crippen molar-refractivity contribution in [1.29, 1.82) is 0 Å². The van der Waals surface area contributed by atoms with E-state index < -0.39 is 0 Å². The summed E-state index contributed by atoms with van der Waals surface area (Å²) in [6.45, 7) is 5.65. The number of hydrogen-bond acceptors (Lipinski definition) is 2. The van der Waals surface area contributed by atoms with Crippen molar-refractivity contribution < 1.29 is 4.74 Å². The molecule has 0 spiro atoms. The number of para-hydroxylation sites is 2. The average Bonchev–Trinajstić information content (AvgIpc) is 3.10. The van der Waals surface area contributed by atoms with E-state index in [2.05, 4.69) is 95.8 Å². The third-order valence-electron chi connectivity index (χ3n) is 5.87. The largest absolute Gasteiger partial charge is 0.383 e. The van der Waals surface area contributed by atoms with Crippen molar-refractivity contribution in [2.24, 2.45) is 4.99 Å². The van der Waals surface area contributed by atoms with Gasteiger partial charge in [-0.25, -0.2) is 0 Å². The van der Waals surface area contributed by atoms with Crippen LogP contribution in [0.2, 0.25) is 0 Å². The normalized spacial score (nSPS) is 13.1. The lowest BCUT2D eigenvalue weighted by Gasteiger charge is -2.19. The van der Waals surface area contributed by atoms with Crippen LogP contribution in [0.25, 0.3) is 11.0 Å². The van der Waals surface area contributed by atoms with E-state index in [0.29, 0.717) is 6.61 Å². The molecule has 0 amide bonds. The van der Waals surface area contributed by atoms with E-state index in [9.17, 15) is 0 Å². The lowest BCUT2D eigenvalue weighted by Crippen LogP contribution is -2.32. The Hall–Kier alpha value is -3.11. The van der Waals surface area contributed by atoms with Crippen molar-refractivity contribution in [2.75, 3.05) is 20.8 Å². The highest BCUT2D eigenvalue weighted by molar-refractivity contribution is 5.76. The first-order valence-corrected chi connectivity index (χ1v) is 10.8. The molecular weight excluding hydrogens is 382 g/mol. The number of benzene rings is 3. The minimum Gasteiger partial charge on any atom is -0.383 e. The predicted octanol–water partition coefficient (Wildman–Crippen LogP) is 5.07. The van der Waals surface area contributed by atoms with Gasteiger partial charge in [0.05, 0.1) is 30.2 Å². The van der Waals surface area contributed by atoms with E-state index in [1.54, 1.807) is 7.11 Å². The number of hydrogen-bond donors (Lipinski definition) is 0. The first-order chi connectivity index (χ1) is 15.1. The van der Waals surface area contributed by atoms with Gasteiger partial charge in [-0.3, -0.25) is 4.99 Å². The van der Waals surface area contributed by atoms with Gasteiger partial charge in [-0.05, 0) is 43.5 Å².